The number of hydrogen-bond donors (Lipinski definition) is 0. The molecule has 0 radical (unpaired) electrons. The molecule has 0 aliphatic carbocycles. The Morgan fingerprint density at radius 1 is 1.40 bits per heavy atom. The van der Waals surface area contributed by atoms with Gasteiger partial charge in [-0.05, 0) is 24.1 Å². The molecule has 0 N–H and O–H groups in total. The number of methoxy groups -OCH3 is 1. The zero-order valence-corrected chi connectivity index (χ0v) is 13.0. The minimum absolute atomic E-state index is 0.214. The first-order valence-corrected chi connectivity index (χ1v) is 8.79. The van der Waals surface area contributed by atoms with Crippen LogP contribution in [0, 0.1) is 0 Å². The lowest BCUT2D eigenvalue weighted by Gasteiger charge is -2.21. The van der Waals surface area contributed by atoms with E-state index in [-0.39, 0.29) is 4.90 Å². The summed E-state index contributed by atoms with van der Waals surface area (Å²) >= 11 is 1.28. The number of nitrogens with zero attached hydrogens (tertiary/aromatic N) is 1. The molecule has 1 atom stereocenters. The maximum absolute atomic E-state index is 12.6. The van der Waals surface area contributed by atoms with Crippen LogP contribution in [0.3, 0.4) is 0 Å². The summed E-state index contributed by atoms with van der Waals surface area (Å²) in [5.74, 6) is 0.0627. The van der Waals surface area contributed by atoms with Crippen LogP contribution in [-0.4, -0.2) is 43.5 Å². The summed E-state index contributed by atoms with van der Waals surface area (Å²) in [6, 6.07) is 6.77. The third-order valence-electron chi connectivity index (χ3n) is 3.19. The van der Waals surface area contributed by atoms with Crippen LogP contribution >= 0.6 is 11.8 Å². The third-order valence-corrected chi connectivity index (χ3v) is 6.38. The van der Waals surface area contributed by atoms with E-state index < -0.39 is 21.4 Å². The zero-order valence-electron chi connectivity index (χ0n) is 11.4. The average molecular weight is 315 g/mol. The first kappa shape index (κ1) is 15.3. The predicted molar refractivity (Wildman–Crippen MR) is 78.0 cm³/mol. The first-order valence-electron chi connectivity index (χ1n) is 6.31. The molecule has 1 heterocycles. The second kappa shape index (κ2) is 6.15. The SMILES string of the molecule is CCc1ccc(S(=O)(=O)N2CCSC2C(=O)OC)cc1. The number of aryl methyl sites for hydroxylation is 1. The van der Waals surface area contributed by atoms with Crippen LogP contribution < -0.4 is 0 Å². The Bertz CT molecular complexity index is 583. The monoisotopic (exact) mass is 315 g/mol. The minimum atomic E-state index is -3.66. The highest BCUT2D eigenvalue weighted by Crippen LogP contribution is 2.30. The van der Waals surface area contributed by atoms with E-state index in [2.05, 4.69) is 4.74 Å². The number of ether oxygens (including phenoxy) is 1. The van der Waals surface area contributed by atoms with E-state index in [1.54, 1.807) is 24.3 Å². The second-order valence-corrected chi connectivity index (χ2v) is 7.44. The Kier molecular flexibility index (Phi) is 4.72. The van der Waals surface area contributed by atoms with Crippen molar-refractivity contribution in [1.82, 2.24) is 4.31 Å². The third kappa shape index (κ3) is 2.84. The van der Waals surface area contributed by atoms with Crippen LogP contribution in [0.2, 0.25) is 0 Å². The summed E-state index contributed by atoms with van der Waals surface area (Å²) in [6.45, 7) is 2.33. The highest BCUT2D eigenvalue weighted by molar-refractivity contribution is 8.02. The van der Waals surface area contributed by atoms with Crippen molar-refractivity contribution in [3.05, 3.63) is 29.8 Å². The second-order valence-electron chi connectivity index (χ2n) is 4.36. The number of hydrogen-bond acceptors (Lipinski definition) is 5. The summed E-state index contributed by atoms with van der Waals surface area (Å²) in [5.41, 5.74) is 1.07. The van der Waals surface area contributed by atoms with Gasteiger partial charge in [0.15, 0.2) is 5.37 Å². The fourth-order valence-corrected chi connectivity index (χ4v) is 5.11. The number of benzene rings is 1. The lowest BCUT2D eigenvalue weighted by atomic mass is 10.2. The molecule has 0 spiro atoms. The van der Waals surface area contributed by atoms with Crippen LogP contribution in [0.5, 0.6) is 0 Å². The molecule has 0 saturated carbocycles. The molecular formula is C13H17NO4S2. The molecule has 1 saturated heterocycles. The van der Waals surface area contributed by atoms with E-state index in [4.69, 9.17) is 0 Å². The zero-order chi connectivity index (χ0) is 14.8. The standard InChI is InChI=1S/C13H17NO4S2/c1-3-10-4-6-11(7-5-10)20(16,17)14-8-9-19-12(14)13(15)18-2/h4-7,12H,3,8-9H2,1-2H3. The fourth-order valence-electron chi connectivity index (χ4n) is 2.02. The lowest BCUT2D eigenvalue weighted by Crippen LogP contribution is -2.39. The van der Waals surface area contributed by atoms with Gasteiger partial charge >= 0.3 is 5.97 Å². The summed E-state index contributed by atoms with van der Waals surface area (Å²) in [4.78, 5) is 11.9. The van der Waals surface area contributed by atoms with Crippen molar-refractivity contribution < 1.29 is 17.9 Å². The Morgan fingerprint density at radius 3 is 2.60 bits per heavy atom. The molecule has 5 nitrogen and oxygen atoms in total. The number of carbonyl (C=O) groups excluding carboxylic acids is 1. The summed E-state index contributed by atoms with van der Waals surface area (Å²) in [7, 11) is -2.39. The smallest absolute Gasteiger partial charge is 0.334 e. The molecule has 1 aromatic rings. The Balaban J connectivity index is 2.31. The Hall–Kier alpha value is -1.05. The van der Waals surface area contributed by atoms with Crippen LogP contribution in [0.25, 0.3) is 0 Å². The Morgan fingerprint density at radius 2 is 2.05 bits per heavy atom. The van der Waals surface area contributed by atoms with Gasteiger partial charge in [-0.1, -0.05) is 19.1 Å². The highest BCUT2D eigenvalue weighted by atomic mass is 32.2. The number of carbonyl (C=O) groups is 1. The summed E-state index contributed by atoms with van der Waals surface area (Å²) in [5, 5.41) is -0.782. The molecule has 1 aliphatic heterocycles. The van der Waals surface area contributed by atoms with Crippen LogP contribution in [-0.2, 0) is 26.0 Å². The van der Waals surface area contributed by atoms with Crippen LogP contribution in [0.4, 0.5) is 0 Å². The van der Waals surface area contributed by atoms with Gasteiger partial charge in [0.2, 0.25) is 10.0 Å². The average Bonchev–Trinajstić information content (AvgIpc) is 2.96. The van der Waals surface area contributed by atoms with Crippen LogP contribution in [0.15, 0.2) is 29.2 Å². The van der Waals surface area contributed by atoms with Crippen molar-refractivity contribution in [2.75, 3.05) is 19.4 Å². The van der Waals surface area contributed by atoms with Gasteiger partial charge in [0.25, 0.3) is 0 Å². The van der Waals surface area contributed by atoms with Gasteiger partial charge in [-0.25, -0.2) is 13.2 Å². The molecule has 1 unspecified atom stereocenters. The largest absolute Gasteiger partial charge is 0.467 e. The van der Waals surface area contributed by atoms with Crippen molar-refractivity contribution in [2.24, 2.45) is 0 Å². The molecule has 7 heteroatoms. The van der Waals surface area contributed by atoms with E-state index in [0.717, 1.165) is 12.0 Å². The topological polar surface area (TPSA) is 63.7 Å². The molecule has 1 fully saturated rings. The predicted octanol–water partition coefficient (Wildman–Crippen LogP) is 1.49. The van der Waals surface area contributed by atoms with Crippen molar-refractivity contribution in [3.8, 4) is 0 Å². The van der Waals surface area contributed by atoms with Gasteiger partial charge in [-0.2, -0.15) is 4.31 Å². The van der Waals surface area contributed by atoms with Gasteiger partial charge < -0.3 is 4.74 Å². The van der Waals surface area contributed by atoms with Crippen molar-refractivity contribution in [1.29, 1.82) is 0 Å². The van der Waals surface area contributed by atoms with Gasteiger partial charge in [-0.3, -0.25) is 0 Å². The van der Waals surface area contributed by atoms with Crippen molar-refractivity contribution in [3.63, 3.8) is 0 Å². The molecule has 110 valence electrons. The first-order chi connectivity index (χ1) is 9.50. The van der Waals surface area contributed by atoms with Gasteiger partial charge in [0.1, 0.15) is 0 Å². The van der Waals surface area contributed by atoms with E-state index in [1.165, 1.54) is 23.2 Å². The quantitative estimate of drug-likeness (QED) is 0.788. The lowest BCUT2D eigenvalue weighted by molar-refractivity contribution is -0.141. The number of sulfonamides is 1. The Labute approximate surface area is 123 Å². The molecule has 20 heavy (non-hydrogen) atoms. The number of thioether (sulfide) groups is 1. The minimum Gasteiger partial charge on any atom is -0.467 e. The maximum Gasteiger partial charge on any atom is 0.334 e. The molecule has 2 rings (SSSR count). The number of rotatable bonds is 4. The van der Waals surface area contributed by atoms with Crippen molar-refractivity contribution >= 4 is 27.8 Å². The van der Waals surface area contributed by atoms with Crippen molar-refractivity contribution in [2.45, 2.75) is 23.6 Å². The highest BCUT2D eigenvalue weighted by Gasteiger charge is 2.40. The van der Waals surface area contributed by atoms with Gasteiger partial charge in [0.05, 0.1) is 12.0 Å². The molecule has 0 amide bonds. The number of esters is 1. The van der Waals surface area contributed by atoms with E-state index in [0.29, 0.717) is 12.3 Å². The summed E-state index contributed by atoms with van der Waals surface area (Å²) < 4.78 is 31.0. The molecular weight excluding hydrogens is 298 g/mol. The van der Waals surface area contributed by atoms with Gasteiger partial charge in [0, 0.05) is 12.3 Å². The van der Waals surface area contributed by atoms with E-state index in [9.17, 15) is 13.2 Å². The maximum atomic E-state index is 12.6. The molecule has 1 aliphatic rings. The van der Waals surface area contributed by atoms with E-state index in [1.807, 2.05) is 6.92 Å². The van der Waals surface area contributed by atoms with E-state index >= 15 is 0 Å². The normalized spacial score (nSPS) is 20.0. The molecule has 1 aromatic carbocycles. The fraction of sp³-hybridized carbons (Fsp3) is 0.462. The summed E-state index contributed by atoms with van der Waals surface area (Å²) in [6.07, 6.45) is 0.852. The molecule has 0 aromatic heterocycles. The molecule has 0 bridgehead atoms. The van der Waals surface area contributed by atoms with Crippen LogP contribution in [0.1, 0.15) is 12.5 Å². The van der Waals surface area contributed by atoms with Gasteiger partial charge in [-0.15, -0.1) is 11.8 Å².